The molecule has 186 valence electrons. The molecule has 36 heavy (non-hydrogen) atoms. The van der Waals surface area contributed by atoms with Crippen LogP contribution in [0.15, 0.2) is 78.6 Å². The van der Waals surface area contributed by atoms with Crippen molar-refractivity contribution in [2.45, 2.75) is 32.7 Å². The monoisotopic (exact) mass is 504 g/mol. The number of benzene rings is 3. The second-order valence-corrected chi connectivity index (χ2v) is 9.02. The first-order valence-electron chi connectivity index (χ1n) is 12.0. The van der Waals surface area contributed by atoms with Gasteiger partial charge >= 0.3 is 0 Å². The van der Waals surface area contributed by atoms with E-state index >= 15 is 0 Å². The van der Waals surface area contributed by atoms with E-state index < -0.39 is 5.91 Å². The van der Waals surface area contributed by atoms with E-state index in [1.807, 2.05) is 43.3 Å². The van der Waals surface area contributed by atoms with E-state index in [0.717, 1.165) is 29.7 Å². The van der Waals surface area contributed by atoms with Crippen molar-refractivity contribution in [3.8, 4) is 11.5 Å². The third kappa shape index (κ3) is 6.26. The summed E-state index contributed by atoms with van der Waals surface area (Å²) in [7, 11) is 0. The predicted molar refractivity (Wildman–Crippen MR) is 142 cm³/mol. The molecule has 3 aromatic carbocycles. The van der Waals surface area contributed by atoms with Gasteiger partial charge in [0.05, 0.1) is 18.3 Å². The smallest absolute Gasteiger partial charge is 0.294 e. The quantitative estimate of drug-likeness (QED) is 0.280. The van der Waals surface area contributed by atoms with Gasteiger partial charge in [0.2, 0.25) is 5.91 Å². The maximum Gasteiger partial charge on any atom is 0.294 e. The fourth-order valence-electron chi connectivity index (χ4n) is 3.87. The number of rotatable bonds is 9. The van der Waals surface area contributed by atoms with Crippen LogP contribution in [0.2, 0.25) is 5.02 Å². The first-order valence-corrected chi connectivity index (χ1v) is 12.4. The first kappa shape index (κ1) is 25.3. The number of hydrogen-bond donors (Lipinski definition) is 1. The van der Waals surface area contributed by atoms with Gasteiger partial charge in [-0.2, -0.15) is 0 Å². The summed E-state index contributed by atoms with van der Waals surface area (Å²) in [6, 6.07) is 21.7. The molecule has 0 bridgehead atoms. The molecule has 0 radical (unpaired) electrons. The minimum atomic E-state index is -0.398. The van der Waals surface area contributed by atoms with Crippen LogP contribution in [-0.2, 0) is 9.59 Å². The number of fused-ring (bicyclic) bond motifs is 1. The van der Waals surface area contributed by atoms with E-state index in [1.54, 1.807) is 42.5 Å². The molecule has 4 rings (SSSR count). The van der Waals surface area contributed by atoms with Crippen molar-refractivity contribution in [2.75, 3.05) is 18.1 Å². The lowest BCUT2D eigenvalue weighted by Crippen LogP contribution is -2.44. The molecule has 1 aliphatic heterocycles. The number of amides is 2. The molecule has 6 nitrogen and oxygen atoms in total. The summed E-state index contributed by atoms with van der Waals surface area (Å²) in [5.41, 5.74) is 2.22. The molecule has 0 saturated heterocycles. The summed E-state index contributed by atoms with van der Waals surface area (Å²) in [6.45, 7) is 4.57. The van der Waals surface area contributed by atoms with Gasteiger partial charge in [0.15, 0.2) is 11.5 Å². The Labute approximate surface area is 216 Å². The van der Waals surface area contributed by atoms with E-state index in [9.17, 15) is 9.59 Å². The molecule has 0 aromatic heterocycles. The lowest BCUT2D eigenvalue weighted by molar-refractivity contribution is -0.123. The number of nitrogens with one attached hydrogen (secondary N) is 1. The minimum Gasteiger partial charge on any atom is -0.494 e. The highest BCUT2D eigenvalue weighted by molar-refractivity contribution is 6.30. The molecule has 0 aliphatic carbocycles. The van der Waals surface area contributed by atoms with Crippen LogP contribution in [0.1, 0.15) is 43.9 Å². The summed E-state index contributed by atoms with van der Waals surface area (Å²) in [5, 5.41) is 3.54. The van der Waals surface area contributed by atoms with Crippen LogP contribution >= 0.6 is 11.6 Å². The zero-order valence-corrected chi connectivity index (χ0v) is 21.1. The number of para-hydroxylation sites is 2. The van der Waals surface area contributed by atoms with E-state index in [2.05, 4.69) is 12.2 Å². The molecule has 3 aromatic rings. The summed E-state index contributed by atoms with van der Waals surface area (Å²) < 4.78 is 11.6. The molecule has 0 fully saturated rings. The molecule has 1 atom stereocenters. The average Bonchev–Trinajstić information content (AvgIpc) is 2.87. The van der Waals surface area contributed by atoms with Crippen LogP contribution < -0.4 is 19.7 Å². The Kier molecular flexibility index (Phi) is 8.28. The average molecular weight is 505 g/mol. The predicted octanol–water partition coefficient (Wildman–Crippen LogP) is 6.16. The summed E-state index contributed by atoms with van der Waals surface area (Å²) in [5.74, 6) is 0.753. The van der Waals surface area contributed by atoms with Gasteiger partial charge in [-0.3, -0.25) is 14.5 Å². The van der Waals surface area contributed by atoms with Gasteiger partial charge in [0.1, 0.15) is 12.3 Å². The second kappa shape index (κ2) is 11.8. The summed E-state index contributed by atoms with van der Waals surface area (Å²) in [4.78, 5) is 27.7. The molecular formula is C29H29ClN2O4. The van der Waals surface area contributed by atoms with Crippen LogP contribution in [-0.4, -0.2) is 25.0 Å². The van der Waals surface area contributed by atoms with Gasteiger partial charge in [0.25, 0.3) is 5.91 Å². The second-order valence-electron chi connectivity index (χ2n) is 8.58. The van der Waals surface area contributed by atoms with Crippen LogP contribution in [0.5, 0.6) is 11.5 Å². The highest BCUT2D eigenvalue weighted by atomic mass is 35.5. The van der Waals surface area contributed by atoms with Gasteiger partial charge in [-0.25, -0.2) is 0 Å². The molecule has 0 saturated carbocycles. The van der Waals surface area contributed by atoms with Crippen molar-refractivity contribution < 1.29 is 19.1 Å². The SMILES string of the molecule is CCCCOc1ccc(C(C)NC(=O)CN2C(=O)/C(=C\c3cccc(Cl)c3)Oc3ccccc32)cc1. The van der Waals surface area contributed by atoms with Gasteiger partial charge < -0.3 is 14.8 Å². The number of carbonyl (C=O) groups excluding carboxylic acids is 2. The number of ether oxygens (including phenoxy) is 2. The highest BCUT2D eigenvalue weighted by Gasteiger charge is 2.31. The van der Waals surface area contributed by atoms with Crippen molar-refractivity contribution in [3.05, 3.63) is 94.7 Å². The summed E-state index contributed by atoms with van der Waals surface area (Å²) in [6.07, 6.45) is 3.71. The third-order valence-electron chi connectivity index (χ3n) is 5.80. The number of unbranched alkanes of at least 4 members (excludes halogenated alkanes) is 1. The molecule has 1 N–H and O–H groups in total. The van der Waals surface area contributed by atoms with Crippen molar-refractivity contribution in [2.24, 2.45) is 0 Å². The fourth-order valence-corrected chi connectivity index (χ4v) is 4.07. The standard InChI is InChI=1S/C29H29ClN2O4/c1-3-4-16-35-24-14-12-22(13-15-24)20(2)31-28(33)19-32-25-10-5-6-11-26(25)36-27(29(32)34)18-21-8-7-9-23(30)17-21/h5-15,17-18,20H,3-4,16,19H2,1-2H3,(H,31,33)/b27-18+. The third-order valence-corrected chi connectivity index (χ3v) is 6.04. The van der Waals surface area contributed by atoms with Gasteiger partial charge in [-0.05, 0) is 66.9 Å². The van der Waals surface area contributed by atoms with E-state index in [4.69, 9.17) is 21.1 Å². The van der Waals surface area contributed by atoms with Crippen LogP contribution in [0, 0.1) is 0 Å². The first-order chi connectivity index (χ1) is 17.4. The Morgan fingerprint density at radius 1 is 1.11 bits per heavy atom. The Bertz CT molecular complexity index is 1260. The van der Waals surface area contributed by atoms with Crippen molar-refractivity contribution >= 4 is 35.2 Å². The van der Waals surface area contributed by atoms with Crippen molar-refractivity contribution in [3.63, 3.8) is 0 Å². The summed E-state index contributed by atoms with van der Waals surface area (Å²) >= 11 is 6.09. The van der Waals surface area contributed by atoms with Crippen molar-refractivity contribution in [1.82, 2.24) is 5.32 Å². The van der Waals surface area contributed by atoms with Gasteiger partial charge in [0, 0.05) is 5.02 Å². The number of carbonyl (C=O) groups is 2. The largest absolute Gasteiger partial charge is 0.494 e. The lowest BCUT2D eigenvalue weighted by Gasteiger charge is -2.30. The zero-order valence-electron chi connectivity index (χ0n) is 20.4. The van der Waals surface area contributed by atoms with Gasteiger partial charge in [-0.1, -0.05) is 61.3 Å². The van der Waals surface area contributed by atoms with Crippen molar-refractivity contribution in [1.29, 1.82) is 0 Å². The number of nitrogens with zero attached hydrogens (tertiary/aromatic N) is 1. The highest BCUT2D eigenvalue weighted by Crippen LogP contribution is 2.35. The molecule has 2 amide bonds. The fraction of sp³-hybridized carbons (Fsp3) is 0.241. The molecule has 1 aliphatic rings. The number of hydrogen-bond acceptors (Lipinski definition) is 4. The normalized spacial score (nSPS) is 14.7. The van der Waals surface area contributed by atoms with E-state index in [0.29, 0.717) is 23.1 Å². The Hall–Kier alpha value is -3.77. The van der Waals surface area contributed by atoms with Crippen LogP contribution in [0.4, 0.5) is 5.69 Å². The Balaban J connectivity index is 1.47. The molecular weight excluding hydrogens is 476 g/mol. The molecule has 1 heterocycles. The number of anilines is 1. The maximum atomic E-state index is 13.3. The topological polar surface area (TPSA) is 67.9 Å². The Morgan fingerprint density at radius 2 is 1.89 bits per heavy atom. The van der Waals surface area contributed by atoms with Gasteiger partial charge in [-0.15, -0.1) is 0 Å². The minimum absolute atomic E-state index is 0.121. The molecule has 1 unspecified atom stereocenters. The van der Waals surface area contributed by atoms with E-state index in [-0.39, 0.29) is 24.3 Å². The lowest BCUT2D eigenvalue weighted by atomic mass is 10.1. The number of halogens is 1. The Morgan fingerprint density at radius 3 is 2.64 bits per heavy atom. The zero-order chi connectivity index (χ0) is 25.5. The molecule has 7 heteroatoms. The maximum absolute atomic E-state index is 13.3. The van der Waals surface area contributed by atoms with Crippen LogP contribution in [0.3, 0.4) is 0 Å². The molecule has 0 spiro atoms. The van der Waals surface area contributed by atoms with E-state index in [1.165, 1.54) is 4.90 Å². The van der Waals surface area contributed by atoms with Crippen LogP contribution in [0.25, 0.3) is 6.08 Å².